The Labute approximate surface area is 108 Å². The van der Waals surface area contributed by atoms with E-state index < -0.39 is 0 Å². The number of carbonyl (C=O) groups excluding carboxylic acids is 1. The zero-order valence-corrected chi connectivity index (χ0v) is 9.99. The summed E-state index contributed by atoms with van der Waals surface area (Å²) in [4.78, 5) is 11.9. The quantitative estimate of drug-likeness (QED) is 0.773. The first-order valence-corrected chi connectivity index (χ1v) is 5.73. The maximum Gasteiger partial charge on any atom is 0.272 e. The van der Waals surface area contributed by atoms with Gasteiger partial charge in [0.15, 0.2) is 0 Å². The fourth-order valence-corrected chi connectivity index (χ4v) is 1.91. The molecule has 0 aliphatic carbocycles. The van der Waals surface area contributed by atoms with Crippen LogP contribution < -0.4 is 10.6 Å². The van der Waals surface area contributed by atoms with Crippen LogP contribution in [0.1, 0.15) is 5.76 Å². The number of amides is 1. The Morgan fingerprint density at radius 3 is 2.83 bits per heavy atom. The van der Waals surface area contributed by atoms with Crippen molar-refractivity contribution in [2.24, 2.45) is 0 Å². The number of nitrogens with one attached hydrogen (secondary N) is 2. The molecule has 1 aromatic carbocycles. The molecule has 90 valence electrons. The third kappa shape index (κ3) is 1.98. The van der Waals surface area contributed by atoms with E-state index >= 15 is 0 Å². The molecular formula is C13H9ClN2O2. The number of hydrogen-bond acceptors (Lipinski definition) is 3. The second-order valence-corrected chi connectivity index (χ2v) is 4.28. The van der Waals surface area contributed by atoms with E-state index in [1.165, 1.54) is 0 Å². The van der Waals surface area contributed by atoms with E-state index in [0.717, 1.165) is 5.69 Å². The largest absolute Gasteiger partial charge is 0.465 e. The van der Waals surface area contributed by atoms with Gasteiger partial charge in [-0.25, -0.2) is 0 Å². The molecule has 2 aromatic rings. The molecular weight excluding hydrogens is 252 g/mol. The summed E-state index contributed by atoms with van der Waals surface area (Å²) in [5.74, 6) is 0.402. The lowest BCUT2D eigenvalue weighted by molar-refractivity contribution is -0.112. The van der Waals surface area contributed by atoms with Crippen molar-refractivity contribution in [3.8, 4) is 0 Å². The molecule has 0 unspecified atom stereocenters. The van der Waals surface area contributed by atoms with Crippen LogP contribution in [0.4, 0.5) is 11.4 Å². The third-order valence-electron chi connectivity index (χ3n) is 2.57. The summed E-state index contributed by atoms with van der Waals surface area (Å²) in [5, 5.41) is 6.42. The first kappa shape index (κ1) is 10.9. The Bertz CT molecular complexity index is 632. The predicted octanol–water partition coefficient (Wildman–Crippen LogP) is 3.34. The van der Waals surface area contributed by atoms with E-state index in [1.807, 2.05) is 0 Å². The van der Waals surface area contributed by atoms with E-state index in [-0.39, 0.29) is 5.91 Å². The van der Waals surface area contributed by atoms with Crippen LogP contribution in [-0.2, 0) is 4.79 Å². The summed E-state index contributed by atoms with van der Waals surface area (Å²) >= 11 is 5.91. The van der Waals surface area contributed by atoms with E-state index in [2.05, 4.69) is 10.6 Å². The zero-order chi connectivity index (χ0) is 12.5. The summed E-state index contributed by atoms with van der Waals surface area (Å²) in [6.45, 7) is 0. The number of benzene rings is 1. The van der Waals surface area contributed by atoms with Crippen LogP contribution in [0, 0.1) is 0 Å². The molecule has 1 amide bonds. The van der Waals surface area contributed by atoms with Gasteiger partial charge in [-0.3, -0.25) is 4.79 Å². The zero-order valence-electron chi connectivity index (χ0n) is 9.24. The summed E-state index contributed by atoms with van der Waals surface area (Å²) in [6.07, 6.45) is 3.19. The van der Waals surface area contributed by atoms with Gasteiger partial charge in [-0.2, -0.15) is 0 Å². The van der Waals surface area contributed by atoms with Crippen molar-refractivity contribution in [1.29, 1.82) is 0 Å². The molecule has 1 aromatic heterocycles. The SMILES string of the molecule is O=C1Nc2ccc(Cl)cc2NC1=Cc1ccco1. The van der Waals surface area contributed by atoms with Gasteiger partial charge in [-0.05, 0) is 30.3 Å². The molecule has 1 aliphatic heterocycles. The van der Waals surface area contributed by atoms with Crippen LogP contribution in [-0.4, -0.2) is 5.91 Å². The summed E-state index contributed by atoms with van der Waals surface area (Å²) in [5.41, 5.74) is 1.89. The first-order valence-electron chi connectivity index (χ1n) is 5.35. The fourth-order valence-electron chi connectivity index (χ4n) is 1.74. The predicted molar refractivity (Wildman–Crippen MR) is 70.4 cm³/mol. The second-order valence-electron chi connectivity index (χ2n) is 3.84. The molecule has 0 saturated heterocycles. The maximum absolute atomic E-state index is 11.9. The number of hydrogen-bond donors (Lipinski definition) is 2. The number of anilines is 2. The highest BCUT2D eigenvalue weighted by atomic mass is 35.5. The van der Waals surface area contributed by atoms with Crippen molar-refractivity contribution in [2.75, 3.05) is 10.6 Å². The van der Waals surface area contributed by atoms with Crippen LogP contribution in [0.15, 0.2) is 46.7 Å². The van der Waals surface area contributed by atoms with Crippen LogP contribution >= 0.6 is 11.6 Å². The molecule has 0 radical (unpaired) electrons. The van der Waals surface area contributed by atoms with Crippen molar-refractivity contribution < 1.29 is 9.21 Å². The Morgan fingerprint density at radius 2 is 2.06 bits per heavy atom. The smallest absolute Gasteiger partial charge is 0.272 e. The standard InChI is InChI=1S/C13H9ClN2O2/c14-8-3-4-10-11(6-8)15-12(13(17)16-10)7-9-2-1-5-18-9/h1-7,15H,(H,16,17). The highest BCUT2D eigenvalue weighted by Crippen LogP contribution is 2.31. The van der Waals surface area contributed by atoms with Crippen molar-refractivity contribution >= 4 is 35.0 Å². The van der Waals surface area contributed by atoms with Crippen molar-refractivity contribution in [3.05, 3.63) is 53.1 Å². The number of rotatable bonds is 1. The third-order valence-corrected chi connectivity index (χ3v) is 2.81. The molecule has 0 saturated carbocycles. The molecule has 2 heterocycles. The van der Waals surface area contributed by atoms with Gasteiger partial charge in [0.2, 0.25) is 0 Å². The molecule has 3 rings (SSSR count). The highest BCUT2D eigenvalue weighted by molar-refractivity contribution is 6.31. The van der Waals surface area contributed by atoms with E-state index in [1.54, 1.807) is 42.7 Å². The maximum atomic E-state index is 11.9. The lowest BCUT2D eigenvalue weighted by Crippen LogP contribution is -2.25. The van der Waals surface area contributed by atoms with Gasteiger partial charge in [-0.1, -0.05) is 11.6 Å². The summed E-state index contributed by atoms with van der Waals surface area (Å²) < 4.78 is 5.17. The van der Waals surface area contributed by atoms with E-state index in [4.69, 9.17) is 16.0 Å². The van der Waals surface area contributed by atoms with Gasteiger partial charge >= 0.3 is 0 Å². The topological polar surface area (TPSA) is 54.3 Å². The van der Waals surface area contributed by atoms with E-state index in [9.17, 15) is 4.79 Å². The molecule has 18 heavy (non-hydrogen) atoms. The number of carbonyl (C=O) groups is 1. The minimum Gasteiger partial charge on any atom is -0.465 e. The highest BCUT2D eigenvalue weighted by Gasteiger charge is 2.19. The minimum atomic E-state index is -0.207. The van der Waals surface area contributed by atoms with E-state index in [0.29, 0.717) is 22.2 Å². The lowest BCUT2D eigenvalue weighted by Gasteiger charge is -2.20. The summed E-state index contributed by atoms with van der Waals surface area (Å²) in [6, 6.07) is 8.77. The Morgan fingerprint density at radius 1 is 1.17 bits per heavy atom. The van der Waals surface area contributed by atoms with Gasteiger partial charge in [0.25, 0.3) is 5.91 Å². The van der Waals surface area contributed by atoms with Gasteiger partial charge < -0.3 is 15.1 Å². The Hall–Kier alpha value is -2.20. The number of furan rings is 1. The first-order chi connectivity index (χ1) is 8.72. The summed E-state index contributed by atoms with van der Waals surface area (Å²) in [7, 11) is 0. The van der Waals surface area contributed by atoms with Crippen LogP contribution in [0.2, 0.25) is 5.02 Å². The molecule has 1 aliphatic rings. The van der Waals surface area contributed by atoms with Crippen LogP contribution in [0.5, 0.6) is 0 Å². The number of fused-ring (bicyclic) bond motifs is 1. The minimum absolute atomic E-state index is 0.207. The van der Waals surface area contributed by atoms with Crippen LogP contribution in [0.25, 0.3) is 6.08 Å². The molecule has 0 bridgehead atoms. The van der Waals surface area contributed by atoms with Crippen molar-refractivity contribution in [3.63, 3.8) is 0 Å². The molecule has 0 fully saturated rings. The molecule has 4 nitrogen and oxygen atoms in total. The van der Waals surface area contributed by atoms with Crippen molar-refractivity contribution in [1.82, 2.24) is 0 Å². The Balaban J connectivity index is 1.98. The van der Waals surface area contributed by atoms with Crippen LogP contribution in [0.3, 0.4) is 0 Å². The van der Waals surface area contributed by atoms with Crippen molar-refractivity contribution in [2.45, 2.75) is 0 Å². The van der Waals surface area contributed by atoms with Gasteiger partial charge in [0.05, 0.1) is 17.6 Å². The molecule has 2 N–H and O–H groups in total. The average molecular weight is 261 g/mol. The molecule has 0 spiro atoms. The second kappa shape index (κ2) is 4.23. The Kier molecular flexibility index (Phi) is 2.57. The molecule has 0 atom stereocenters. The number of halogens is 1. The van der Waals surface area contributed by atoms with Gasteiger partial charge in [0.1, 0.15) is 11.5 Å². The lowest BCUT2D eigenvalue weighted by atomic mass is 10.2. The molecule has 5 heteroatoms. The monoisotopic (exact) mass is 260 g/mol. The average Bonchev–Trinajstić information content (AvgIpc) is 2.83. The van der Waals surface area contributed by atoms with Gasteiger partial charge in [-0.15, -0.1) is 0 Å². The fraction of sp³-hybridized carbons (Fsp3) is 0. The van der Waals surface area contributed by atoms with Gasteiger partial charge in [0, 0.05) is 11.1 Å². The normalized spacial score (nSPS) is 16.1.